The number of anilines is 4. The van der Waals surface area contributed by atoms with Crippen molar-refractivity contribution in [3.05, 3.63) is 95.3 Å². The molecule has 0 aliphatic carbocycles. The third-order valence-corrected chi connectivity index (χ3v) is 6.71. The second-order valence-electron chi connectivity index (χ2n) is 8.85. The molecule has 0 bridgehead atoms. The first kappa shape index (κ1) is 23.9. The van der Waals surface area contributed by atoms with Crippen molar-refractivity contribution in [3.63, 3.8) is 0 Å². The molecule has 1 aromatic heterocycles. The van der Waals surface area contributed by atoms with E-state index in [0.717, 1.165) is 77.8 Å². The number of piperazine rings is 1. The maximum atomic E-state index is 6.18. The summed E-state index contributed by atoms with van der Waals surface area (Å²) in [6.07, 6.45) is 0.777. The van der Waals surface area contributed by atoms with Crippen LogP contribution in [0.5, 0.6) is 11.5 Å². The Labute approximate surface area is 217 Å². The van der Waals surface area contributed by atoms with E-state index in [1.54, 1.807) is 0 Å². The normalized spacial score (nSPS) is 13.5. The van der Waals surface area contributed by atoms with Crippen molar-refractivity contribution in [2.45, 2.75) is 20.3 Å². The molecular formula is C29H30ClN5O. The molecule has 1 aliphatic heterocycles. The number of ether oxygens (including phenoxy) is 1. The van der Waals surface area contributed by atoms with Crippen LogP contribution in [0.3, 0.4) is 0 Å². The van der Waals surface area contributed by atoms with Crippen LogP contribution < -0.4 is 19.9 Å². The number of benzene rings is 3. The van der Waals surface area contributed by atoms with Crippen molar-refractivity contribution in [2.75, 3.05) is 41.3 Å². The van der Waals surface area contributed by atoms with E-state index in [1.807, 2.05) is 73.7 Å². The third kappa shape index (κ3) is 5.71. The molecule has 0 saturated carbocycles. The fraction of sp³-hybridized carbons (Fsp3) is 0.241. The first-order valence-corrected chi connectivity index (χ1v) is 12.7. The molecule has 7 heteroatoms. The Hall–Kier alpha value is -3.77. The molecular weight excluding hydrogens is 470 g/mol. The number of hydrogen-bond acceptors (Lipinski definition) is 6. The number of nitrogens with one attached hydrogen (secondary N) is 1. The van der Waals surface area contributed by atoms with Gasteiger partial charge in [0.25, 0.3) is 0 Å². The fourth-order valence-electron chi connectivity index (χ4n) is 4.28. The van der Waals surface area contributed by atoms with Gasteiger partial charge in [0.1, 0.15) is 29.0 Å². The van der Waals surface area contributed by atoms with Gasteiger partial charge in [-0.2, -0.15) is 0 Å². The van der Waals surface area contributed by atoms with Gasteiger partial charge >= 0.3 is 0 Å². The van der Waals surface area contributed by atoms with Crippen LogP contribution in [-0.4, -0.2) is 36.1 Å². The zero-order valence-corrected chi connectivity index (χ0v) is 21.4. The van der Waals surface area contributed by atoms with Gasteiger partial charge in [-0.3, -0.25) is 0 Å². The first-order chi connectivity index (χ1) is 17.6. The molecule has 1 fully saturated rings. The minimum Gasteiger partial charge on any atom is -0.457 e. The van der Waals surface area contributed by atoms with Crippen LogP contribution in [0.4, 0.5) is 23.0 Å². The standard InChI is InChI=1S/C29H30ClN5O/c1-3-27-32-28(31-22-9-14-26(30)21(2)19-22)20-29(33-27)35-17-15-34(16-18-35)23-10-12-25(13-11-23)36-24-7-5-4-6-8-24/h4-14,19-20H,3,15-18H2,1-2H3,(H,31,32,33). The summed E-state index contributed by atoms with van der Waals surface area (Å²) >= 11 is 6.18. The molecule has 4 aromatic rings. The molecule has 1 aliphatic rings. The number of hydrogen-bond donors (Lipinski definition) is 1. The molecule has 0 spiro atoms. The zero-order chi connectivity index (χ0) is 24.9. The van der Waals surface area contributed by atoms with Crippen molar-refractivity contribution in [3.8, 4) is 11.5 Å². The molecule has 5 rings (SSSR count). The lowest BCUT2D eigenvalue weighted by Crippen LogP contribution is -2.47. The van der Waals surface area contributed by atoms with Crippen LogP contribution in [-0.2, 0) is 6.42 Å². The topological polar surface area (TPSA) is 53.5 Å². The molecule has 36 heavy (non-hydrogen) atoms. The van der Waals surface area contributed by atoms with Crippen molar-refractivity contribution in [2.24, 2.45) is 0 Å². The third-order valence-electron chi connectivity index (χ3n) is 6.29. The Morgan fingerprint density at radius 3 is 2.22 bits per heavy atom. The van der Waals surface area contributed by atoms with E-state index in [-0.39, 0.29) is 0 Å². The van der Waals surface area contributed by atoms with E-state index >= 15 is 0 Å². The van der Waals surface area contributed by atoms with Gasteiger partial charge in [0.15, 0.2) is 0 Å². The maximum absolute atomic E-state index is 6.18. The summed E-state index contributed by atoms with van der Waals surface area (Å²) in [4.78, 5) is 14.2. The predicted octanol–water partition coefficient (Wildman–Crippen LogP) is 6.86. The van der Waals surface area contributed by atoms with Crippen LogP contribution in [0, 0.1) is 6.92 Å². The van der Waals surface area contributed by atoms with Gasteiger partial charge in [0.2, 0.25) is 0 Å². The first-order valence-electron chi connectivity index (χ1n) is 12.3. The molecule has 0 unspecified atom stereocenters. The number of aryl methyl sites for hydroxylation is 2. The average molecular weight is 500 g/mol. The molecule has 0 amide bonds. The van der Waals surface area contributed by atoms with Gasteiger partial charge in [0, 0.05) is 55.1 Å². The lowest BCUT2D eigenvalue weighted by atomic mass is 10.2. The summed E-state index contributed by atoms with van der Waals surface area (Å²) in [5.41, 5.74) is 3.20. The minimum atomic E-state index is 0.759. The van der Waals surface area contributed by atoms with Crippen LogP contribution >= 0.6 is 11.6 Å². The second kappa shape index (κ2) is 10.9. The van der Waals surface area contributed by atoms with E-state index in [0.29, 0.717) is 0 Å². The second-order valence-corrected chi connectivity index (χ2v) is 9.26. The van der Waals surface area contributed by atoms with Crippen molar-refractivity contribution >= 4 is 34.6 Å². The van der Waals surface area contributed by atoms with Gasteiger partial charge in [-0.1, -0.05) is 36.7 Å². The van der Waals surface area contributed by atoms with Gasteiger partial charge < -0.3 is 19.9 Å². The lowest BCUT2D eigenvalue weighted by Gasteiger charge is -2.37. The van der Waals surface area contributed by atoms with E-state index in [1.165, 1.54) is 5.69 Å². The Bertz CT molecular complexity index is 1310. The Balaban J connectivity index is 1.24. The molecule has 1 saturated heterocycles. The monoisotopic (exact) mass is 499 g/mol. The molecule has 0 atom stereocenters. The number of nitrogens with zero attached hydrogens (tertiary/aromatic N) is 4. The molecule has 0 radical (unpaired) electrons. The summed E-state index contributed by atoms with van der Waals surface area (Å²) in [6.45, 7) is 7.70. The van der Waals surface area contributed by atoms with Crippen LogP contribution in [0.2, 0.25) is 5.02 Å². The number of rotatable bonds is 7. The van der Waals surface area contributed by atoms with Crippen LogP contribution in [0.25, 0.3) is 0 Å². The molecule has 2 heterocycles. The molecule has 184 valence electrons. The highest BCUT2D eigenvalue weighted by atomic mass is 35.5. The summed E-state index contributed by atoms with van der Waals surface area (Å²) in [5, 5.41) is 4.18. The Kier molecular flexibility index (Phi) is 7.23. The van der Waals surface area contributed by atoms with Gasteiger partial charge in [-0.05, 0) is 67.1 Å². The van der Waals surface area contributed by atoms with E-state index in [9.17, 15) is 0 Å². The average Bonchev–Trinajstić information content (AvgIpc) is 2.92. The lowest BCUT2D eigenvalue weighted by molar-refractivity contribution is 0.482. The molecule has 1 N–H and O–H groups in total. The molecule has 6 nitrogen and oxygen atoms in total. The zero-order valence-electron chi connectivity index (χ0n) is 20.6. The van der Waals surface area contributed by atoms with Crippen molar-refractivity contribution in [1.82, 2.24) is 9.97 Å². The maximum Gasteiger partial charge on any atom is 0.136 e. The van der Waals surface area contributed by atoms with Gasteiger partial charge in [-0.25, -0.2) is 9.97 Å². The smallest absolute Gasteiger partial charge is 0.136 e. The minimum absolute atomic E-state index is 0.759. The highest BCUT2D eigenvalue weighted by Gasteiger charge is 2.20. The Morgan fingerprint density at radius 2 is 1.53 bits per heavy atom. The summed E-state index contributed by atoms with van der Waals surface area (Å²) < 4.78 is 5.93. The molecule has 3 aromatic carbocycles. The largest absolute Gasteiger partial charge is 0.457 e. The van der Waals surface area contributed by atoms with E-state index < -0.39 is 0 Å². The SMILES string of the molecule is CCc1nc(Nc2ccc(Cl)c(C)c2)cc(N2CCN(c3ccc(Oc4ccccc4)cc3)CC2)n1. The Morgan fingerprint density at radius 1 is 0.833 bits per heavy atom. The van der Waals surface area contributed by atoms with Crippen LogP contribution in [0.15, 0.2) is 78.9 Å². The van der Waals surface area contributed by atoms with Crippen molar-refractivity contribution in [1.29, 1.82) is 0 Å². The number of halogens is 1. The van der Waals surface area contributed by atoms with Crippen LogP contribution in [0.1, 0.15) is 18.3 Å². The highest BCUT2D eigenvalue weighted by Crippen LogP contribution is 2.27. The summed E-state index contributed by atoms with van der Waals surface area (Å²) in [5.74, 6) is 4.27. The van der Waals surface area contributed by atoms with Gasteiger partial charge in [-0.15, -0.1) is 0 Å². The van der Waals surface area contributed by atoms with Crippen molar-refractivity contribution < 1.29 is 4.74 Å². The summed E-state index contributed by atoms with van der Waals surface area (Å²) in [6, 6.07) is 26.1. The quantitative estimate of drug-likeness (QED) is 0.299. The van der Waals surface area contributed by atoms with Gasteiger partial charge in [0.05, 0.1) is 0 Å². The number of para-hydroxylation sites is 1. The van der Waals surface area contributed by atoms with E-state index in [2.05, 4.69) is 34.2 Å². The number of aromatic nitrogens is 2. The van der Waals surface area contributed by atoms with E-state index in [4.69, 9.17) is 26.3 Å². The summed E-state index contributed by atoms with van der Waals surface area (Å²) in [7, 11) is 0. The predicted molar refractivity (Wildman–Crippen MR) is 148 cm³/mol. The fourth-order valence-corrected chi connectivity index (χ4v) is 4.40. The highest BCUT2D eigenvalue weighted by molar-refractivity contribution is 6.31.